The number of benzene rings is 2. The van der Waals surface area contributed by atoms with Crippen LogP contribution in [0.5, 0.6) is 0 Å². The maximum atomic E-state index is 14.9. The summed E-state index contributed by atoms with van der Waals surface area (Å²) in [7, 11) is 0. The average Bonchev–Trinajstić information content (AvgIpc) is 2.73. The van der Waals surface area contributed by atoms with Crippen LogP contribution >= 0.6 is 50.7 Å². The summed E-state index contributed by atoms with van der Waals surface area (Å²) in [6, 6.07) is 5.39. The first-order valence-electron chi connectivity index (χ1n) is 10.2. The summed E-state index contributed by atoms with van der Waals surface area (Å²) >= 11 is 20.6. The molecule has 0 saturated carbocycles. The third-order valence-electron chi connectivity index (χ3n) is 4.93. The smallest absolute Gasteiger partial charge is 0.308 e. The number of ketones is 1. The van der Waals surface area contributed by atoms with Crippen LogP contribution in [0.2, 0.25) is 15.1 Å². The maximum Gasteiger partial charge on any atom is 0.401 e. The molecule has 0 aliphatic carbocycles. The van der Waals surface area contributed by atoms with Gasteiger partial charge in [-0.05, 0) is 48.4 Å². The fourth-order valence-corrected chi connectivity index (χ4v) is 4.44. The molecule has 2 nitrogen and oxygen atoms in total. The molecule has 0 aromatic heterocycles. The van der Waals surface area contributed by atoms with Crippen LogP contribution in [-0.4, -0.2) is 31.2 Å². The number of hydrogen-bond acceptors (Lipinski definition) is 2. The third-order valence-corrected chi connectivity index (χ3v) is 6.78. The van der Waals surface area contributed by atoms with Gasteiger partial charge in [-0.2, -0.15) is 26.3 Å². The highest BCUT2D eigenvalue weighted by atomic mass is 79.9. The summed E-state index contributed by atoms with van der Waals surface area (Å²) in [5.41, 5.74) is -0.549. The van der Waals surface area contributed by atoms with Gasteiger partial charge in [0.1, 0.15) is 11.7 Å². The number of allylic oxidation sites excluding steroid dienone is 1. The highest BCUT2D eigenvalue weighted by Crippen LogP contribution is 2.42. The highest BCUT2D eigenvalue weighted by molar-refractivity contribution is 9.10. The molecular formula is C23H18BrCl3F7NO. The fraction of sp³-hybridized carbons (Fsp3) is 0.348. The second kappa shape index (κ2) is 12.5. The van der Waals surface area contributed by atoms with Gasteiger partial charge in [0.15, 0.2) is 5.78 Å². The number of nitrogens with one attached hydrogen (secondary N) is 1. The molecule has 2 aromatic carbocycles. The molecule has 2 atom stereocenters. The summed E-state index contributed by atoms with van der Waals surface area (Å²) in [6.45, 7) is 0.331. The molecule has 0 fully saturated rings. The molecule has 0 amide bonds. The lowest BCUT2D eigenvalue weighted by atomic mass is 9.95. The van der Waals surface area contributed by atoms with E-state index in [1.165, 1.54) is 6.07 Å². The van der Waals surface area contributed by atoms with Crippen LogP contribution in [0.15, 0.2) is 40.9 Å². The van der Waals surface area contributed by atoms with E-state index in [2.05, 4.69) is 21.2 Å². The summed E-state index contributed by atoms with van der Waals surface area (Å²) in [5.74, 6) is -4.48. The van der Waals surface area contributed by atoms with E-state index >= 15 is 0 Å². The first-order valence-corrected chi connectivity index (χ1v) is 12.1. The largest absolute Gasteiger partial charge is 0.401 e. The topological polar surface area (TPSA) is 29.1 Å². The molecule has 13 heteroatoms. The zero-order chi connectivity index (χ0) is 27.4. The Hall–Kier alpha value is -1.33. The molecule has 0 aliphatic heterocycles. The van der Waals surface area contributed by atoms with E-state index in [4.69, 9.17) is 34.8 Å². The van der Waals surface area contributed by atoms with Crippen LogP contribution < -0.4 is 5.32 Å². The summed E-state index contributed by atoms with van der Waals surface area (Å²) in [5, 5.41) is 1.62. The summed E-state index contributed by atoms with van der Waals surface area (Å²) in [6.07, 6.45) is -9.01. The highest BCUT2D eigenvalue weighted by Gasteiger charge is 2.40. The molecule has 198 valence electrons. The third kappa shape index (κ3) is 8.90. The van der Waals surface area contributed by atoms with E-state index in [1.807, 2.05) is 0 Å². The first kappa shape index (κ1) is 30.9. The Morgan fingerprint density at radius 1 is 1.06 bits per heavy atom. The minimum Gasteiger partial charge on any atom is -0.308 e. The fourth-order valence-electron chi connectivity index (χ4n) is 3.23. The zero-order valence-electron chi connectivity index (χ0n) is 18.3. The van der Waals surface area contributed by atoms with Crippen molar-refractivity contribution in [2.24, 2.45) is 5.92 Å². The van der Waals surface area contributed by atoms with Gasteiger partial charge in [0, 0.05) is 22.0 Å². The molecule has 1 unspecified atom stereocenters. The van der Waals surface area contributed by atoms with Crippen molar-refractivity contribution in [2.75, 3.05) is 13.1 Å². The van der Waals surface area contributed by atoms with Crippen molar-refractivity contribution in [3.8, 4) is 0 Å². The maximum absolute atomic E-state index is 14.9. The standard InChI is InChI=1S/C23H18BrCl3F7NO/c1-11(9-35-10-22(29,30)31)4-20(36)14-3-2-12(5-16(14)24)19(28)8-15(23(32,33)34)13-6-17(25)21(27)18(26)7-13/h2-3,5-8,11,15,35H,4,9-10H2,1H3/b19-8-/t11-,15?/m0/s1. The van der Waals surface area contributed by atoms with E-state index in [-0.39, 0.29) is 43.6 Å². The van der Waals surface area contributed by atoms with Crippen molar-refractivity contribution in [3.05, 3.63) is 72.6 Å². The molecule has 1 N–H and O–H groups in total. The van der Waals surface area contributed by atoms with Crippen LogP contribution in [0.3, 0.4) is 0 Å². The lowest BCUT2D eigenvalue weighted by molar-refractivity contribution is -0.139. The predicted octanol–water partition coefficient (Wildman–Crippen LogP) is 9.43. The van der Waals surface area contributed by atoms with Crippen LogP contribution in [0.1, 0.15) is 40.7 Å². The molecule has 0 bridgehead atoms. The first-order chi connectivity index (χ1) is 16.5. The molecular weight excluding hydrogens is 626 g/mol. The van der Waals surface area contributed by atoms with Crippen molar-refractivity contribution >= 4 is 62.3 Å². The number of halogens is 11. The van der Waals surface area contributed by atoms with Gasteiger partial charge in [0.05, 0.1) is 21.6 Å². The van der Waals surface area contributed by atoms with Crippen molar-refractivity contribution < 1.29 is 35.5 Å². The molecule has 36 heavy (non-hydrogen) atoms. The van der Waals surface area contributed by atoms with Gasteiger partial charge in [0.2, 0.25) is 0 Å². The minimum atomic E-state index is -4.89. The SMILES string of the molecule is C[C@H](CNCC(F)(F)F)CC(=O)c1ccc(/C(F)=C/C(c2cc(Cl)c(Cl)c(Cl)c2)C(F)(F)F)cc1Br. The van der Waals surface area contributed by atoms with E-state index in [0.717, 1.165) is 24.3 Å². The average molecular weight is 644 g/mol. The van der Waals surface area contributed by atoms with Crippen LogP contribution in [0.25, 0.3) is 5.83 Å². The number of hydrogen-bond donors (Lipinski definition) is 1. The van der Waals surface area contributed by atoms with Crippen molar-refractivity contribution in [1.82, 2.24) is 5.32 Å². The van der Waals surface area contributed by atoms with Crippen molar-refractivity contribution in [2.45, 2.75) is 31.6 Å². The van der Waals surface area contributed by atoms with Crippen LogP contribution in [-0.2, 0) is 0 Å². The van der Waals surface area contributed by atoms with E-state index in [1.54, 1.807) is 6.92 Å². The van der Waals surface area contributed by atoms with Gasteiger partial charge < -0.3 is 5.32 Å². The second-order valence-electron chi connectivity index (χ2n) is 8.01. The summed E-state index contributed by atoms with van der Waals surface area (Å²) in [4.78, 5) is 12.5. The lowest BCUT2D eigenvalue weighted by Crippen LogP contribution is -2.32. The number of carbonyl (C=O) groups is 1. The van der Waals surface area contributed by atoms with Gasteiger partial charge in [-0.3, -0.25) is 4.79 Å². The Morgan fingerprint density at radius 3 is 2.14 bits per heavy atom. The molecule has 2 rings (SSSR count). The Labute approximate surface area is 225 Å². The van der Waals surface area contributed by atoms with Gasteiger partial charge in [-0.1, -0.05) is 63.7 Å². The van der Waals surface area contributed by atoms with Crippen molar-refractivity contribution in [1.29, 1.82) is 0 Å². The van der Waals surface area contributed by atoms with Crippen molar-refractivity contribution in [3.63, 3.8) is 0 Å². The number of alkyl halides is 6. The van der Waals surface area contributed by atoms with E-state index in [9.17, 15) is 35.5 Å². The molecule has 0 saturated heterocycles. The predicted molar refractivity (Wildman–Crippen MR) is 131 cm³/mol. The summed E-state index contributed by atoms with van der Waals surface area (Å²) < 4.78 is 92.9. The normalized spacial score (nSPS) is 14.6. The second-order valence-corrected chi connectivity index (χ2v) is 10.1. The Morgan fingerprint density at radius 2 is 1.64 bits per heavy atom. The minimum absolute atomic E-state index is 0.0596. The zero-order valence-corrected chi connectivity index (χ0v) is 22.2. The van der Waals surface area contributed by atoms with Gasteiger partial charge in [-0.15, -0.1) is 0 Å². The van der Waals surface area contributed by atoms with Crippen LogP contribution in [0.4, 0.5) is 30.7 Å². The number of carbonyl (C=O) groups excluding carboxylic acids is 1. The molecule has 0 heterocycles. The molecule has 2 aromatic rings. The van der Waals surface area contributed by atoms with Gasteiger partial charge >= 0.3 is 12.4 Å². The van der Waals surface area contributed by atoms with E-state index < -0.39 is 47.9 Å². The Kier molecular flexibility index (Phi) is 10.7. The molecule has 0 radical (unpaired) electrons. The number of Topliss-reactive ketones (excluding diaryl/α,β-unsaturated/α-hetero) is 1. The number of rotatable bonds is 9. The lowest BCUT2D eigenvalue weighted by Gasteiger charge is -2.19. The monoisotopic (exact) mass is 641 g/mol. The quantitative estimate of drug-likeness (QED) is 0.168. The van der Waals surface area contributed by atoms with Gasteiger partial charge in [0.25, 0.3) is 0 Å². The molecule has 0 aliphatic rings. The molecule has 0 spiro atoms. The van der Waals surface area contributed by atoms with Gasteiger partial charge in [-0.25, -0.2) is 4.39 Å². The Balaban J connectivity index is 2.24. The van der Waals surface area contributed by atoms with E-state index in [0.29, 0.717) is 6.08 Å². The Bertz CT molecular complexity index is 1110. The van der Waals surface area contributed by atoms with Crippen LogP contribution in [0, 0.1) is 5.92 Å².